The molecule has 6 heteroatoms. The van der Waals surface area contributed by atoms with E-state index in [9.17, 15) is 19.8 Å². The Kier molecular flexibility index (Phi) is 6.68. The van der Waals surface area contributed by atoms with Crippen molar-refractivity contribution in [3.05, 3.63) is 11.1 Å². The zero-order valence-corrected chi connectivity index (χ0v) is 19.1. The molecule has 0 spiro atoms. The number of ether oxygens (including phenoxy) is 2. The van der Waals surface area contributed by atoms with Gasteiger partial charge in [0.15, 0.2) is 0 Å². The molecule has 170 valence electrons. The van der Waals surface area contributed by atoms with Gasteiger partial charge in [0.1, 0.15) is 6.10 Å². The Morgan fingerprint density at radius 2 is 1.83 bits per heavy atom. The largest absolute Gasteiger partial charge is 0.466 e. The topological polar surface area (TPSA) is 93.1 Å². The van der Waals surface area contributed by atoms with Crippen molar-refractivity contribution in [2.24, 2.45) is 28.6 Å². The Balaban J connectivity index is 1.89. The first-order valence-corrected chi connectivity index (χ1v) is 11.3. The highest BCUT2D eigenvalue weighted by Crippen LogP contribution is 2.59. The summed E-state index contributed by atoms with van der Waals surface area (Å²) in [5.74, 6) is -0.279. The second kappa shape index (κ2) is 8.62. The normalized spacial score (nSPS) is 38.2. The van der Waals surface area contributed by atoms with Gasteiger partial charge in [0, 0.05) is 37.7 Å². The fraction of sp³-hybridized carbons (Fsp3) is 0.833. The number of rotatable bonds is 5. The van der Waals surface area contributed by atoms with Gasteiger partial charge in [-0.3, -0.25) is 9.59 Å². The van der Waals surface area contributed by atoms with Gasteiger partial charge in [-0.25, -0.2) is 0 Å². The molecule has 1 fully saturated rings. The van der Waals surface area contributed by atoms with Crippen molar-refractivity contribution < 1.29 is 29.3 Å². The lowest BCUT2D eigenvalue weighted by Crippen LogP contribution is -2.48. The van der Waals surface area contributed by atoms with Crippen LogP contribution in [0.4, 0.5) is 0 Å². The molecule has 0 amide bonds. The standard InChI is InChI=1S/C24H38O6/c1-14(26)29-13-16-10-17(30-15(2)27)8-9-24(16,5)21-7-6-20-18(19(21)12-25)11-22(28)23(20,3)4/h16-17,19,21-22,25,28H,6-13H2,1-5H3. The van der Waals surface area contributed by atoms with E-state index >= 15 is 0 Å². The number of aliphatic hydroxyl groups is 2. The summed E-state index contributed by atoms with van der Waals surface area (Å²) in [6.07, 6.45) is 4.25. The van der Waals surface area contributed by atoms with Crippen LogP contribution < -0.4 is 0 Å². The number of esters is 2. The Bertz CT molecular complexity index is 710. The van der Waals surface area contributed by atoms with Gasteiger partial charge in [-0.1, -0.05) is 31.9 Å². The second-order valence-corrected chi connectivity index (χ2v) is 10.4. The molecule has 6 nitrogen and oxygen atoms in total. The Morgan fingerprint density at radius 3 is 2.43 bits per heavy atom. The summed E-state index contributed by atoms with van der Waals surface area (Å²) in [6.45, 7) is 9.67. The lowest BCUT2D eigenvalue weighted by atomic mass is 9.54. The van der Waals surface area contributed by atoms with E-state index in [1.54, 1.807) is 0 Å². The summed E-state index contributed by atoms with van der Waals surface area (Å²) in [4.78, 5) is 23.0. The Labute approximate surface area is 180 Å². The van der Waals surface area contributed by atoms with Crippen molar-refractivity contribution in [3.8, 4) is 0 Å². The average molecular weight is 423 g/mol. The summed E-state index contributed by atoms with van der Waals surface area (Å²) in [7, 11) is 0. The molecule has 0 aromatic carbocycles. The maximum absolute atomic E-state index is 11.5. The summed E-state index contributed by atoms with van der Waals surface area (Å²) < 4.78 is 10.9. The van der Waals surface area contributed by atoms with Crippen LogP contribution in [0, 0.1) is 28.6 Å². The van der Waals surface area contributed by atoms with Crippen LogP contribution in [-0.4, -0.2) is 47.6 Å². The molecule has 3 aliphatic carbocycles. The van der Waals surface area contributed by atoms with E-state index in [1.807, 2.05) is 0 Å². The molecule has 2 N–H and O–H groups in total. The molecular formula is C24H38O6. The van der Waals surface area contributed by atoms with Crippen LogP contribution >= 0.6 is 0 Å². The molecule has 0 aliphatic heterocycles. The van der Waals surface area contributed by atoms with Crippen LogP contribution in [-0.2, 0) is 19.1 Å². The van der Waals surface area contributed by atoms with E-state index in [4.69, 9.17) is 9.47 Å². The third-order valence-corrected chi connectivity index (χ3v) is 8.40. The van der Waals surface area contributed by atoms with Gasteiger partial charge in [-0.2, -0.15) is 0 Å². The minimum absolute atomic E-state index is 0.0141. The lowest BCUT2D eigenvalue weighted by Gasteiger charge is -2.52. The summed E-state index contributed by atoms with van der Waals surface area (Å²) in [5, 5.41) is 21.1. The molecule has 0 bridgehead atoms. The number of hydrogen-bond donors (Lipinski definition) is 2. The van der Waals surface area contributed by atoms with Crippen molar-refractivity contribution in [3.63, 3.8) is 0 Å². The van der Waals surface area contributed by atoms with Crippen LogP contribution in [0.25, 0.3) is 0 Å². The molecule has 0 aromatic heterocycles. The van der Waals surface area contributed by atoms with Crippen LogP contribution in [0.1, 0.15) is 73.1 Å². The van der Waals surface area contributed by atoms with Crippen molar-refractivity contribution in [1.29, 1.82) is 0 Å². The highest BCUT2D eigenvalue weighted by molar-refractivity contribution is 5.66. The number of aliphatic hydroxyl groups excluding tert-OH is 2. The first-order valence-electron chi connectivity index (χ1n) is 11.3. The summed E-state index contributed by atoms with van der Waals surface area (Å²) in [5.41, 5.74) is 2.17. The zero-order chi connectivity index (χ0) is 22.3. The van der Waals surface area contributed by atoms with E-state index in [-0.39, 0.29) is 53.2 Å². The van der Waals surface area contributed by atoms with Gasteiger partial charge in [0.05, 0.1) is 12.7 Å². The smallest absolute Gasteiger partial charge is 0.302 e. The first-order chi connectivity index (χ1) is 14.0. The van der Waals surface area contributed by atoms with Gasteiger partial charge < -0.3 is 19.7 Å². The van der Waals surface area contributed by atoms with Gasteiger partial charge in [0.25, 0.3) is 0 Å². The van der Waals surface area contributed by atoms with Gasteiger partial charge in [0.2, 0.25) is 0 Å². The molecule has 3 rings (SSSR count). The highest BCUT2D eigenvalue weighted by atomic mass is 16.5. The lowest BCUT2D eigenvalue weighted by molar-refractivity contribution is -0.158. The fourth-order valence-corrected chi connectivity index (χ4v) is 6.52. The van der Waals surface area contributed by atoms with E-state index in [1.165, 1.54) is 25.0 Å². The molecule has 0 aromatic rings. The molecule has 30 heavy (non-hydrogen) atoms. The minimum atomic E-state index is -0.403. The van der Waals surface area contributed by atoms with Crippen LogP contribution in [0.2, 0.25) is 0 Å². The maximum atomic E-state index is 11.5. The number of carbonyl (C=O) groups excluding carboxylic acids is 2. The minimum Gasteiger partial charge on any atom is -0.466 e. The predicted molar refractivity (Wildman–Crippen MR) is 112 cm³/mol. The monoisotopic (exact) mass is 422 g/mol. The molecular weight excluding hydrogens is 384 g/mol. The highest BCUT2D eigenvalue weighted by Gasteiger charge is 2.53. The van der Waals surface area contributed by atoms with Crippen molar-refractivity contribution in [1.82, 2.24) is 0 Å². The third kappa shape index (κ3) is 4.18. The van der Waals surface area contributed by atoms with Crippen LogP contribution in [0.5, 0.6) is 0 Å². The van der Waals surface area contributed by atoms with Crippen LogP contribution in [0.3, 0.4) is 0 Å². The first kappa shape index (κ1) is 23.3. The average Bonchev–Trinajstić information content (AvgIpc) is 2.90. The maximum Gasteiger partial charge on any atom is 0.302 e. The third-order valence-electron chi connectivity index (χ3n) is 8.40. The van der Waals surface area contributed by atoms with Gasteiger partial charge >= 0.3 is 11.9 Å². The molecule has 6 atom stereocenters. The number of hydrogen-bond acceptors (Lipinski definition) is 6. The van der Waals surface area contributed by atoms with Crippen molar-refractivity contribution in [2.45, 2.75) is 85.4 Å². The number of carbonyl (C=O) groups is 2. The summed E-state index contributed by atoms with van der Waals surface area (Å²) in [6, 6.07) is 0. The van der Waals surface area contributed by atoms with Gasteiger partial charge in [-0.15, -0.1) is 0 Å². The second-order valence-electron chi connectivity index (χ2n) is 10.4. The molecule has 1 saturated carbocycles. The van der Waals surface area contributed by atoms with E-state index in [0.717, 1.165) is 25.7 Å². The predicted octanol–water partition coefficient (Wildman–Crippen LogP) is 3.39. The van der Waals surface area contributed by atoms with Crippen molar-refractivity contribution in [2.75, 3.05) is 13.2 Å². The van der Waals surface area contributed by atoms with Crippen LogP contribution in [0.15, 0.2) is 11.1 Å². The quantitative estimate of drug-likeness (QED) is 0.521. The van der Waals surface area contributed by atoms with E-state index in [0.29, 0.717) is 19.4 Å². The Morgan fingerprint density at radius 1 is 1.13 bits per heavy atom. The zero-order valence-electron chi connectivity index (χ0n) is 19.1. The SMILES string of the molecule is CC(=O)OCC1CC(OC(C)=O)CCC1(C)C1CCC2=C(CC(O)C2(C)C)C1CO. The fourth-order valence-electron chi connectivity index (χ4n) is 6.52. The molecule has 0 saturated heterocycles. The van der Waals surface area contributed by atoms with Crippen molar-refractivity contribution >= 4 is 11.9 Å². The molecule has 3 aliphatic rings. The molecule has 0 radical (unpaired) electrons. The van der Waals surface area contributed by atoms with E-state index in [2.05, 4.69) is 20.8 Å². The molecule has 0 heterocycles. The molecule has 6 unspecified atom stereocenters. The van der Waals surface area contributed by atoms with E-state index < -0.39 is 6.10 Å². The summed E-state index contributed by atoms with van der Waals surface area (Å²) >= 11 is 0. The Hall–Kier alpha value is -1.40. The van der Waals surface area contributed by atoms with Gasteiger partial charge in [-0.05, 0) is 49.9 Å².